The molecule has 74 valence electrons. The maximum Gasteiger partial charge on any atom is 0.0518 e. The van der Waals surface area contributed by atoms with Crippen LogP contribution in [0, 0.1) is 0 Å². The fraction of sp³-hybridized carbons (Fsp3) is 1.00. The third kappa shape index (κ3) is 7.98. The van der Waals surface area contributed by atoms with Gasteiger partial charge < -0.3 is 16.2 Å². The van der Waals surface area contributed by atoms with E-state index in [0.717, 1.165) is 25.9 Å². The minimum absolute atomic E-state index is 0.255. The first kappa shape index (κ1) is 11.9. The van der Waals surface area contributed by atoms with Gasteiger partial charge in [-0.25, -0.2) is 0 Å². The van der Waals surface area contributed by atoms with E-state index in [0.29, 0.717) is 12.6 Å². The van der Waals surface area contributed by atoms with E-state index in [1.807, 2.05) is 13.8 Å². The first-order valence-electron chi connectivity index (χ1n) is 4.74. The van der Waals surface area contributed by atoms with Crippen molar-refractivity contribution in [2.24, 2.45) is 11.5 Å². The van der Waals surface area contributed by atoms with E-state index in [9.17, 15) is 0 Å². The van der Waals surface area contributed by atoms with E-state index in [2.05, 4.69) is 0 Å². The summed E-state index contributed by atoms with van der Waals surface area (Å²) in [5.74, 6) is 0. The van der Waals surface area contributed by atoms with Crippen molar-refractivity contribution >= 4 is 0 Å². The van der Waals surface area contributed by atoms with Gasteiger partial charge in [0.1, 0.15) is 0 Å². The van der Waals surface area contributed by atoms with Gasteiger partial charge in [0.25, 0.3) is 0 Å². The molecule has 0 saturated carbocycles. The Morgan fingerprint density at radius 1 is 1.25 bits per heavy atom. The molecule has 12 heavy (non-hydrogen) atoms. The van der Waals surface area contributed by atoms with Crippen molar-refractivity contribution in [2.75, 3.05) is 13.2 Å². The molecule has 0 aromatic rings. The first-order valence-corrected chi connectivity index (χ1v) is 4.74. The van der Waals surface area contributed by atoms with Gasteiger partial charge in [-0.3, -0.25) is 0 Å². The zero-order chi connectivity index (χ0) is 9.40. The fourth-order valence-electron chi connectivity index (χ4n) is 1.02. The molecule has 0 fully saturated rings. The first-order chi connectivity index (χ1) is 5.66. The van der Waals surface area contributed by atoms with Crippen LogP contribution in [0.5, 0.6) is 0 Å². The van der Waals surface area contributed by atoms with Crippen LogP contribution in [0.2, 0.25) is 0 Å². The summed E-state index contributed by atoms with van der Waals surface area (Å²) in [4.78, 5) is 0. The van der Waals surface area contributed by atoms with Gasteiger partial charge in [0.15, 0.2) is 0 Å². The summed E-state index contributed by atoms with van der Waals surface area (Å²) in [6, 6.07) is 0.255. The lowest BCUT2D eigenvalue weighted by atomic mass is 10.1. The molecule has 0 amide bonds. The molecule has 0 rings (SSSR count). The van der Waals surface area contributed by atoms with Gasteiger partial charge >= 0.3 is 0 Å². The minimum Gasteiger partial charge on any atom is -0.379 e. The van der Waals surface area contributed by atoms with E-state index in [4.69, 9.17) is 16.2 Å². The fourth-order valence-corrected chi connectivity index (χ4v) is 1.02. The van der Waals surface area contributed by atoms with Crippen LogP contribution in [0.1, 0.15) is 33.1 Å². The van der Waals surface area contributed by atoms with Gasteiger partial charge in [-0.1, -0.05) is 0 Å². The van der Waals surface area contributed by atoms with Gasteiger partial charge in [0, 0.05) is 12.6 Å². The highest BCUT2D eigenvalue weighted by Crippen LogP contribution is 1.99. The number of ether oxygens (including phenoxy) is 1. The Labute approximate surface area is 75.5 Å². The van der Waals surface area contributed by atoms with Crippen LogP contribution in [0.4, 0.5) is 0 Å². The Hall–Kier alpha value is -0.120. The van der Waals surface area contributed by atoms with E-state index in [1.54, 1.807) is 0 Å². The molecule has 0 aromatic heterocycles. The van der Waals surface area contributed by atoms with Gasteiger partial charge in [0.2, 0.25) is 0 Å². The molecule has 1 atom stereocenters. The Balaban J connectivity index is 3.08. The second kappa shape index (κ2) is 7.53. The number of rotatable bonds is 7. The summed E-state index contributed by atoms with van der Waals surface area (Å²) in [6.07, 6.45) is 3.31. The summed E-state index contributed by atoms with van der Waals surface area (Å²) in [5, 5.41) is 0. The second-order valence-electron chi connectivity index (χ2n) is 3.40. The average molecular weight is 174 g/mol. The van der Waals surface area contributed by atoms with Crippen molar-refractivity contribution in [1.29, 1.82) is 0 Å². The van der Waals surface area contributed by atoms with Crippen LogP contribution >= 0.6 is 0 Å². The molecule has 0 aliphatic heterocycles. The Bertz CT molecular complexity index is 96.5. The lowest BCUT2D eigenvalue weighted by Crippen LogP contribution is -2.24. The van der Waals surface area contributed by atoms with E-state index in [-0.39, 0.29) is 6.04 Å². The summed E-state index contributed by atoms with van der Waals surface area (Å²) in [5.41, 5.74) is 11.1. The Morgan fingerprint density at radius 2 is 1.92 bits per heavy atom. The molecule has 4 N–H and O–H groups in total. The Morgan fingerprint density at radius 3 is 2.42 bits per heavy atom. The van der Waals surface area contributed by atoms with Crippen molar-refractivity contribution in [3.63, 3.8) is 0 Å². The molecular formula is C9H22N2O. The van der Waals surface area contributed by atoms with Crippen LogP contribution in [-0.2, 0) is 4.74 Å². The monoisotopic (exact) mass is 174 g/mol. The van der Waals surface area contributed by atoms with Crippen molar-refractivity contribution < 1.29 is 4.74 Å². The maximum atomic E-state index is 5.77. The third-order valence-corrected chi connectivity index (χ3v) is 1.71. The average Bonchev–Trinajstić information content (AvgIpc) is 1.98. The van der Waals surface area contributed by atoms with Crippen molar-refractivity contribution in [2.45, 2.75) is 45.3 Å². The highest BCUT2D eigenvalue weighted by Gasteiger charge is 2.00. The molecule has 0 aliphatic rings. The summed E-state index contributed by atoms with van der Waals surface area (Å²) in [6.45, 7) is 5.59. The van der Waals surface area contributed by atoms with E-state index in [1.165, 1.54) is 0 Å². The summed E-state index contributed by atoms with van der Waals surface area (Å²) >= 11 is 0. The highest BCUT2D eigenvalue weighted by molar-refractivity contribution is 4.61. The van der Waals surface area contributed by atoms with E-state index < -0.39 is 0 Å². The van der Waals surface area contributed by atoms with Gasteiger partial charge in [0.05, 0.1) is 6.10 Å². The molecule has 0 spiro atoms. The van der Waals surface area contributed by atoms with E-state index >= 15 is 0 Å². The molecular weight excluding hydrogens is 152 g/mol. The molecule has 0 aromatic carbocycles. The molecule has 3 heteroatoms. The van der Waals surface area contributed by atoms with Crippen molar-refractivity contribution in [3.05, 3.63) is 0 Å². The highest BCUT2D eigenvalue weighted by atomic mass is 16.5. The van der Waals surface area contributed by atoms with Crippen LogP contribution in [-0.4, -0.2) is 25.3 Å². The topological polar surface area (TPSA) is 61.3 Å². The molecule has 0 saturated heterocycles. The predicted octanol–water partition coefficient (Wildman–Crippen LogP) is 0.868. The van der Waals surface area contributed by atoms with Crippen LogP contribution < -0.4 is 11.5 Å². The zero-order valence-electron chi connectivity index (χ0n) is 8.25. The van der Waals surface area contributed by atoms with Crippen molar-refractivity contribution in [1.82, 2.24) is 0 Å². The lowest BCUT2D eigenvalue weighted by Gasteiger charge is -2.11. The molecule has 3 nitrogen and oxygen atoms in total. The standard InChI is InChI=1S/C9H22N2O/c1-8(2)12-7-3-4-9(11)5-6-10/h8-9H,3-7,10-11H2,1-2H3. The predicted molar refractivity (Wildman–Crippen MR) is 52.0 cm³/mol. The van der Waals surface area contributed by atoms with Crippen LogP contribution in [0.25, 0.3) is 0 Å². The zero-order valence-corrected chi connectivity index (χ0v) is 8.25. The third-order valence-electron chi connectivity index (χ3n) is 1.71. The molecule has 0 aliphatic carbocycles. The minimum atomic E-state index is 0.255. The quantitative estimate of drug-likeness (QED) is 0.563. The number of hydrogen-bond acceptors (Lipinski definition) is 3. The molecule has 1 unspecified atom stereocenters. The molecule has 0 bridgehead atoms. The molecule has 0 radical (unpaired) electrons. The number of hydrogen-bond donors (Lipinski definition) is 2. The smallest absolute Gasteiger partial charge is 0.0518 e. The SMILES string of the molecule is CC(C)OCCCC(N)CCN. The van der Waals surface area contributed by atoms with Crippen LogP contribution in [0.15, 0.2) is 0 Å². The van der Waals surface area contributed by atoms with Gasteiger partial charge in [-0.15, -0.1) is 0 Å². The Kier molecular flexibility index (Phi) is 7.45. The lowest BCUT2D eigenvalue weighted by molar-refractivity contribution is 0.0750. The maximum absolute atomic E-state index is 5.77. The largest absolute Gasteiger partial charge is 0.379 e. The molecule has 0 heterocycles. The normalized spacial score (nSPS) is 13.8. The summed E-state index contributed by atoms with van der Waals surface area (Å²) < 4.78 is 5.38. The van der Waals surface area contributed by atoms with Gasteiger partial charge in [-0.05, 0) is 39.7 Å². The van der Waals surface area contributed by atoms with Crippen molar-refractivity contribution in [3.8, 4) is 0 Å². The van der Waals surface area contributed by atoms with Gasteiger partial charge in [-0.2, -0.15) is 0 Å². The van der Waals surface area contributed by atoms with Crippen LogP contribution in [0.3, 0.4) is 0 Å². The number of nitrogens with two attached hydrogens (primary N) is 2. The summed E-state index contributed by atoms with van der Waals surface area (Å²) in [7, 11) is 0. The second-order valence-corrected chi connectivity index (χ2v) is 3.40.